The van der Waals surface area contributed by atoms with Crippen molar-refractivity contribution in [1.29, 1.82) is 0 Å². The average molecular weight is 360 g/mol. The number of para-hydroxylation sites is 2. The van der Waals surface area contributed by atoms with Crippen molar-refractivity contribution in [3.8, 4) is 17.4 Å². The van der Waals surface area contributed by atoms with E-state index in [4.69, 9.17) is 9.47 Å². The first-order valence-corrected chi connectivity index (χ1v) is 9.57. The van der Waals surface area contributed by atoms with Gasteiger partial charge in [-0.2, -0.15) is 11.8 Å². The van der Waals surface area contributed by atoms with Crippen LogP contribution in [-0.4, -0.2) is 29.0 Å². The standard InChI is InChI=1S/C19H24N2O3S/c1-3-11-25-14-18(22)20-12-15-9-10-19(21-13-15)24-17-8-6-5-7-16(17)23-4-2/h5-10,13H,3-4,11-12,14H2,1-2H3,(H,20,22). The third kappa shape index (κ3) is 6.66. The van der Waals surface area contributed by atoms with Gasteiger partial charge in [0.2, 0.25) is 11.8 Å². The molecule has 0 saturated carbocycles. The number of benzene rings is 1. The van der Waals surface area contributed by atoms with Gasteiger partial charge in [0.05, 0.1) is 12.4 Å². The minimum Gasteiger partial charge on any atom is -0.490 e. The van der Waals surface area contributed by atoms with Crippen molar-refractivity contribution in [1.82, 2.24) is 10.3 Å². The Balaban J connectivity index is 1.87. The van der Waals surface area contributed by atoms with Gasteiger partial charge in [-0.3, -0.25) is 4.79 Å². The number of hydrogen-bond acceptors (Lipinski definition) is 5. The molecule has 0 fully saturated rings. The molecule has 0 radical (unpaired) electrons. The number of amides is 1. The molecule has 2 rings (SSSR count). The molecular weight excluding hydrogens is 336 g/mol. The van der Waals surface area contributed by atoms with Gasteiger partial charge in [-0.1, -0.05) is 25.1 Å². The number of ether oxygens (including phenoxy) is 2. The van der Waals surface area contributed by atoms with Crippen LogP contribution in [0, 0.1) is 0 Å². The van der Waals surface area contributed by atoms with Gasteiger partial charge in [0, 0.05) is 18.8 Å². The van der Waals surface area contributed by atoms with E-state index in [1.165, 1.54) is 0 Å². The lowest BCUT2D eigenvalue weighted by atomic mass is 10.3. The number of rotatable bonds is 10. The van der Waals surface area contributed by atoms with E-state index < -0.39 is 0 Å². The molecule has 0 saturated heterocycles. The van der Waals surface area contributed by atoms with Crippen LogP contribution in [-0.2, 0) is 11.3 Å². The highest BCUT2D eigenvalue weighted by Gasteiger charge is 2.06. The number of hydrogen-bond donors (Lipinski definition) is 1. The maximum Gasteiger partial charge on any atom is 0.230 e. The predicted octanol–water partition coefficient (Wildman–Crippen LogP) is 4.03. The van der Waals surface area contributed by atoms with Gasteiger partial charge < -0.3 is 14.8 Å². The molecule has 5 nitrogen and oxygen atoms in total. The fraction of sp³-hybridized carbons (Fsp3) is 0.368. The van der Waals surface area contributed by atoms with Crippen molar-refractivity contribution >= 4 is 17.7 Å². The molecule has 0 unspecified atom stereocenters. The lowest BCUT2D eigenvalue weighted by molar-refractivity contribution is -0.118. The predicted molar refractivity (Wildman–Crippen MR) is 101 cm³/mol. The van der Waals surface area contributed by atoms with Gasteiger partial charge in [-0.15, -0.1) is 0 Å². The topological polar surface area (TPSA) is 60.5 Å². The van der Waals surface area contributed by atoms with Crippen LogP contribution in [0.2, 0.25) is 0 Å². The first kappa shape index (κ1) is 19.1. The molecule has 0 bridgehead atoms. The molecule has 1 aromatic carbocycles. The maximum atomic E-state index is 11.7. The summed E-state index contributed by atoms with van der Waals surface area (Å²) in [6.07, 6.45) is 2.79. The Labute approximate surface area is 153 Å². The maximum absolute atomic E-state index is 11.7. The highest BCUT2D eigenvalue weighted by Crippen LogP contribution is 2.30. The van der Waals surface area contributed by atoms with E-state index >= 15 is 0 Å². The number of carbonyl (C=O) groups excluding carboxylic acids is 1. The molecule has 134 valence electrons. The SMILES string of the molecule is CCCSCC(=O)NCc1ccc(Oc2ccccc2OCC)nc1. The molecule has 0 spiro atoms. The number of aromatic nitrogens is 1. The average Bonchev–Trinajstić information content (AvgIpc) is 2.63. The van der Waals surface area contributed by atoms with Crippen molar-refractivity contribution in [3.63, 3.8) is 0 Å². The highest BCUT2D eigenvalue weighted by atomic mass is 32.2. The van der Waals surface area contributed by atoms with E-state index in [1.807, 2.05) is 37.3 Å². The third-order valence-electron chi connectivity index (χ3n) is 3.23. The number of pyridine rings is 1. The van der Waals surface area contributed by atoms with Gasteiger partial charge in [0.1, 0.15) is 0 Å². The molecule has 2 aromatic rings. The van der Waals surface area contributed by atoms with Gasteiger partial charge >= 0.3 is 0 Å². The summed E-state index contributed by atoms with van der Waals surface area (Å²) < 4.78 is 11.3. The monoisotopic (exact) mass is 360 g/mol. The zero-order valence-electron chi connectivity index (χ0n) is 14.7. The van der Waals surface area contributed by atoms with E-state index in [2.05, 4.69) is 17.2 Å². The van der Waals surface area contributed by atoms with Crippen LogP contribution in [0.15, 0.2) is 42.6 Å². The fourth-order valence-electron chi connectivity index (χ4n) is 2.06. The van der Waals surface area contributed by atoms with Gasteiger partial charge in [-0.05, 0) is 36.8 Å². The summed E-state index contributed by atoms with van der Waals surface area (Å²) in [5.41, 5.74) is 0.930. The van der Waals surface area contributed by atoms with Gasteiger partial charge in [0.25, 0.3) is 0 Å². The molecule has 1 heterocycles. The summed E-state index contributed by atoms with van der Waals surface area (Å²) in [6.45, 7) is 5.07. The summed E-state index contributed by atoms with van der Waals surface area (Å²) >= 11 is 1.65. The summed E-state index contributed by atoms with van der Waals surface area (Å²) in [7, 11) is 0. The van der Waals surface area contributed by atoms with E-state index in [0.717, 1.165) is 17.7 Å². The lowest BCUT2D eigenvalue weighted by Gasteiger charge is -2.11. The van der Waals surface area contributed by atoms with Crippen LogP contribution < -0.4 is 14.8 Å². The van der Waals surface area contributed by atoms with Crippen LogP contribution in [0.3, 0.4) is 0 Å². The molecule has 25 heavy (non-hydrogen) atoms. The number of nitrogens with one attached hydrogen (secondary N) is 1. The Morgan fingerprint density at radius 3 is 2.64 bits per heavy atom. The second kappa shape index (κ2) is 10.6. The van der Waals surface area contributed by atoms with E-state index in [-0.39, 0.29) is 5.91 Å². The molecule has 1 aromatic heterocycles. The van der Waals surface area contributed by atoms with Crippen LogP contribution in [0.25, 0.3) is 0 Å². The second-order valence-corrected chi connectivity index (χ2v) is 6.42. The number of nitrogens with zero attached hydrogens (tertiary/aromatic N) is 1. The van der Waals surface area contributed by atoms with Crippen molar-refractivity contribution in [2.24, 2.45) is 0 Å². The van der Waals surface area contributed by atoms with Crippen molar-refractivity contribution in [3.05, 3.63) is 48.2 Å². The number of thioether (sulfide) groups is 1. The summed E-state index contributed by atoms with van der Waals surface area (Å²) in [5.74, 6) is 3.35. The second-order valence-electron chi connectivity index (χ2n) is 5.32. The summed E-state index contributed by atoms with van der Waals surface area (Å²) in [6, 6.07) is 11.2. The number of carbonyl (C=O) groups is 1. The Morgan fingerprint density at radius 1 is 1.16 bits per heavy atom. The molecule has 0 aliphatic heterocycles. The smallest absolute Gasteiger partial charge is 0.230 e. The molecule has 6 heteroatoms. The first-order chi connectivity index (χ1) is 12.2. The molecule has 0 aliphatic carbocycles. The Morgan fingerprint density at radius 2 is 1.96 bits per heavy atom. The van der Waals surface area contributed by atoms with E-state index in [0.29, 0.717) is 36.3 Å². The van der Waals surface area contributed by atoms with Crippen LogP contribution in [0.1, 0.15) is 25.8 Å². The van der Waals surface area contributed by atoms with E-state index in [9.17, 15) is 4.79 Å². The van der Waals surface area contributed by atoms with Gasteiger partial charge in [0.15, 0.2) is 11.5 Å². The summed E-state index contributed by atoms with van der Waals surface area (Å²) in [4.78, 5) is 16.0. The first-order valence-electron chi connectivity index (χ1n) is 8.42. The molecule has 1 N–H and O–H groups in total. The van der Waals surface area contributed by atoms with E-state index in [1.54, 1.807) is 24.0 Å². The zero-order chi connectivity index (χ0) is 17.9. The molecule has 0 atom stereocenters. The largest absolute Gasteiger partial charge is 0.490 e. The third-order valence-corrected chi connectivity index (χ3v) is 4.40. The van der Waals surface area contributed by atoms with Gasteiger partial charge in [-0.25, -0.2) is 4.98 Å². The Bertz CT molecular complexity index is 662. The Hall–Kier alpha value is -2.21. The minimum atomic E-state index is 0.0458. The molecule has 0 aliphatic rings. The lowest BCUT2D eigenvalue weighted by Crippen LogP contribution is -2.24. The quantitative estimate of drug-likeness (QED) is 0.648. The zero-order valence-corrected chi connectivity index (χ0v) is 15.5. The van der Waals surface area contributed by atoms with Crippen LogP contribution >= 0.6 is 11.8 Å². The van der Waals surface area contributed by atoms with Crippen molar-refractivity contribution < 1.29 is 14.3 Å². The van der Waals surface area contributed by atoms with Crippen molar-refractivity contribution in [2.45, 2.75) is 26.8 Å². The Kier molecular flexibility index (Phi) is 8.12. The molecule has 1 amide bonds. The van der Waals surface area contributed by atoms with Crippen molar-refractivity contribution in [2.75, 3.05) is 18.1 Å². The summed E-state index contributed by atoms with van der Waals surface area (Å²) in [5, 5.41) is 2.89. The highest BCUT2D eigenvalue weighted by molar-refractivity contribution is 7.99. The van der Waals surface area contributed by atoms with Crippen LogP contribution in [0.4, 0.5) is 0 Å². The normalized spacial score (nSPS) is 10.3. The van der Waals surface area contributed by atoms with Crippen LogP contribution in [0.5, 0.6) is 17.4 Å². The minimum absolute atomic E-state index is 0.0458. The fourth-order valence-corrected chi connectivity index (χ4v) is 2.78. The molecular formula is C19H24N2O3S.